The fourth-order valence-electron chi connectivity index (χ4n) is 1.26. The maximum atomic E-state index is 11.8. The molecule has 1 unspecified atom stereocenters. The number of thiophene rings is 1. The lowest BCUT2D eigenvalue weighted by Crippen LogP contribution is -2.30. The molecule has 0 saturated carbocycles. The Bertz CT molecular complexity index is 477. The van der Waals surface area contributed by atoms with Crippen molar-refractivity contribution in [3.8, 4) is 6.07 Å². The van der Waals surface area contributed by atoms with Gasteiger partial charge in [0.05, 0.1) is 21.8 Å². The zero-order valence-corrected chi connectivity index (χ0v) is 10.2. The standard InChI is InChI=1S/C10H11N3O3S/c1-7(5-11)6-12(2)10(14)8-3-4-9(17-8)13(15)16/h3-4,7H,6H2,1-2H3. The lowest BCUT2D eigenvalue weighted by Gasteiger charge is -2.16. The number of hydrogen-bond acceptors (Lipinski definition) is 5. The van der Waals surface area contributed by atoms with Crippen LogP contribution in [0.1, 0.15) is 16.6 Å². The van der Waals surface area contributed by atoms with E-state index in [9.17, 15) is 14.9 Å². The number of nitriles is 1. The summed E-state index contributed by atoms with van der Waals surface area (Å²) in [4.78, 5) is 23.5. The van der Waals surface area contributed by atoms with E-state index in [-0.39, 0.29) is 16.8 Å². The highest BCUT2D eigenvalue weighted by Gasteiger charge is 2.19. The number of amides is 1. The SMILES string of the molecule is CC(C#N)CN(C)C(=O)c1ccc([N+](=O)[O-])s1. The lowest BCUT2D eigenvalue weighted by molar-refractivity contribution is -0.380. The summed E-state index contributed by atoms with van der Waals surface area (Å²) in [5.41, 5.74) is 0. The Hall–Kier alpha value is -1.94. The van der Waals surface area contributed by atoms with Crippen LogP contribution >= 0.6 is 11.3 Å². The van der Waals surface area contributed by atoms with Crippen molar-refractivity contribution in [3.05, 3.63) is 27.1 Å². The van der Waals surface area contributed by atoms with Crippen LogP contribution in [-0.2, 0) is 0 Å². The van der Waals surface area contributed by atoms with Gasteiger partial charge in [-0.05, 0) is 13.0 Å². The lowest BCUT2D eigenvalue weighted by atomic mass is 10.2. The predicted molar refractivity (Wildman–Crippen MR) is 62.7 cm³/mol. The molecule has 0 aliphatic heterocycles. The normalized spacial score (nSPS) is 11.6. The van der Waals surface area contributed by atoms with Crippen molar-refractivity contribution in [2.45, 2.75) is 6.92 Å². The summed E-state index contributed by atoms with van der Waals surface area (Å²) in [6, 6.07) is 4.76. The highest BCUT2D eigenvalue weighted by molar-refractivity contribution is 7.17. The third kappa shape index (κ3) is 3.26. The van der Waals surface area contributed by atoms with Crippen molar-refractivity contribution in [3.63, 3.8) is 0 Å². The van der Waals surface area contributed by atoms with Crippen LogP contribution in [0.15, 0.2) is 12.1 Å². The number of rotatable bonds is 4. The third-order valence-electron chi connectivity index (χ3n) is 2.10. The quantitative estimate of drug-likeness (QED) is 0.605. The summed E-state index contributed by atoms with van der Waals surface area (Å²) in [6.45, 7) is 2.02. The molecule has 0 spiro atoms. The highest BCUT2D eigenvalue weighted by Crippen LogP contribution is 2.24. The smallest absolute Gasteiger partial charge is 0.324 e. The topological polar surface area (TPSA) is 87.2 Å². The van der Waals surface area contributed by atoms with Crippen LogP contribution in [-0.4, -0.2) is 29.3 Å². The molecular formula is C10H11N3O3S. The minimum absolute atomic E-state index is 0.0601. The minimum atomic E-state index is -0.528. The van der Waals surface area contributed by atoms with Gasteiger partial charge < -0.3 is 4.90 Å². The molecule has 1 rings (SSSR count). The van der Waals surface area contributed by atoms with Gasteiger partial charge in [-0.2, -0.15) is 5.26 Å². The van der Waals surface area contributed by atoms with Gasteiger partial charge in [-0.3, -0.25) is 14.9 Å². The maximum absolute atomic E-state index is 11.8. The Morgan fingerprint density at radius 1 is 1.71 bits per heavy atom. The molecule has 0 radical (unpaired) electrons. The Morgan fingerprint density at radius 2 is 2.35 bits per heavy atom. The third-order valence-corrected chi connectivity index (χ3v) is 3.12. The van der Waals surface area contributed by atoms with Crippen molar-refractivity contribution < 1.29 is 9.72 Å². The van der Waals surface area contributed by atoms with E-state index in [0.29, 0.717) is 11.4 Å². The first-order chi connectivity index (χ1) is 7.95. The molecule has 17 heavy (non-hydrogen) atoms. The fourth-order valence-corrected chi connectivity index (χ4v) is 2.08. The van der Waals surface area contributed by atoms with Gasteiger partial charge >= 0.3 is 5.00 Å². The molecule has 0 fully saturated rings. The van der Waals surface area contributed by atoms with E-state index in [1.54, 1.807) is 14.0 Å². The fraction of sp³-hybridized carbons (Fsp3) is 0.400. The number of carbonyl (C=O) groups is 1. The van der Waals surface area contributed by atoms with E-state index in [1.807, 2.05) is 6.07 Å². The van der Waals surface area contributed by atoms with Crippen LogP contribution in [0.4, 0.5) is 5.00 Å². The average molecular weight is 253 g/mol. The van der Waals surface area contributed by atoms with Crippen LogP contribution in [0.5, 0.6) is 0 Å². The van der Waals surface area contributed by atoms with Crippen molar-refractivity contribution in [1.29, 1.82) is 5.26 Å². The molecule has 6 nitrogen and oxygen atoms in total. The van der Waals surface area contributed by atoms with Crippen LogP contribution < -0.4 is 0 Å². The first kappa shape index (κ1) is 13.1. The number of carbonyl (C=O) groups excluding carboxylic acids is 1. The monoisotopic (exact) mass is 253 g/mol. The Morgan fingerprint density at radius 3 is 2.82 bits per heavy atom. The Labute approximate surface area is 102 Å². The van der Waals surface area contributed by atoms with Crippen molar-refractivity contribution >= 4 is 22.2 Å². The molecule has 1 atom stereocenters. The average Bonchev–Trinajstić information content (AvgIpc) is 2.77. The minimum Gasteiger partial charge on any atom is -0.340 e. The van der Waals surface area contributed by atoms with E-state index >= 15 is 0 Å². The predicted octanol–water partition coefficient (Wildman–Crippen LogP) is 1.89. The molecule has 7 heteroatoms. The van der Waals surface area contributed by atoms with E-state index in [1.165, 1.54) is 17.0 Å². The van der Waals surface area contributed by atoms with Gasteiger partial charge in [-0.15, -0.1) is 0 Å². The molecule has 0 aliphatic carbocycles. The summed E-state index contributed by atoms with van der Waals surface area (Å²) >= 11 is 0.839. The molecule has 0 aromatic carbocycles. The van der Waals surface area contributed by atoms with E-state index < -0.39 is 4.92 Å². The summed E-state index contributed by atoms with van der Waals surface area (Å²) in [5, 5.41) is 19.1. The van der Waals surface area contributed by atoms with Gasteiger partial charge in [0.2, 0.25) is 0 Å². The van der Waals surface area contributed by atoms with Crippen LogP contribution in [0, 0.1) is 27.4 Å². The molecule has 0 N–H and O–H groups in total. The van der Waals surface area contributed by atoms with Crippen molar-refractivity contribution in [2.75, 3.05) is 13.6 Å². The Balaban J connectivity index is 2.75. The van der Waals surface area contributed by atoms with Gasteiger partial charge in [-0.25, -0.2) is 0 Å². The van der Waals surface area contributed by atoms with Crippen LogP contribution in [0.2, 0.25) is 0 Å². The molecule has 90 valence electrons. The molecule has 1 aromatic rings. The summed E-state index contributed by atoms with van der Waals surface area (Å²) in [7, 11) is 1.57. The molecule has 1 heterocycles. The molecule has 1 aromatic heterocycles. The molecule has 0 saturated heterocycles. The van der Waals surface area contributed by atoms with Crippen LogP contribution in [0.25, 0.3) is 0 Å². The maximum Gasteiger partial charge on any atom is 0.324 e. The molecular weight excluding hydrogens is 242 g/mol. The largest absolute Gasteiger partial charge is 0.340 e. The van der Waals surface area contributed by atoms with Gasteiger partial charge in [0.1, 0.15) is 0 Å². The number of nitrogens with zero attached hydrogens (tertiary/aromatic N) is 3. The van der Waals surface area contributed by atoms with Gasteiger partial charge in [0.25, 0.3) is 5.91 Å². The van der Waals surface area contributed by atoms with Crippen molar-refractivity contribution in [2.24, 2.45) is 5.92 Å². The summed E-state index contributed by atoms with van der Waals surface area (Å²) in [6.07, 6.45) is 0. The number of nitro groups is 1. The second kappa shape index (κ2) is 5.41. The first-order valence-electron chi connectivity index (χ1n) is 4.85. The second-order valence-corrected chi connectivity index (χ2v) is 4.67. The first-order valence-corrected chi connectivity index (χ1v) is 5.66. The number of hydrogen-bond donors (Lipinski definition) is 0. The van der Waals surface area contributed by atoms with Gasteiger partial charge in [0.15, 0.2) is 0 Å². The molecule has 0 bridgehead atoms. The molecule has 0 aliphatic rings. The van der Waals surface area contributed by atoms with Gasteiger partial charge in [-0.1, -0.05) is 11.3 Å². The van der Waals surface area contributed by atoms with E-state index in [0.717, 1.165) is 11.3 Å². The van der Waals surface area contributed by atoms with Crippen molar-refractivity contribution in [1.82, 2.24) is 4.90 Å². The summed E-state index contributed by atoms with van der Waals surface area (Å²) in [5.74, 6) is -0.566. The van der Waals surface area contributed by atoms with E-state index in [2.05, 4.69) is 0 Å². The summed E-state index contributed by atoms with van der Waals surface area (Å²) < 4.78 is 0. The zero-order chi connectivity index (χ0) is 13.0. The second-order valence-electron chi connectivity index (χ2n) is 3.61. The van der Waals surface area contributed by atoms with Crippen LogP contribution in [0.3, 0.4) is 0 Å². The zero-order valence-electron chi connectivity index (χ0n) is 9.41. The highest BCUT2D eigenvalue weighted by atomic mass is 32.1. The van der Waals surface area contributed by atoms with E-state index in [4.69, 9.17) is 5.26 Å². The molecule has 1 amide bonds. The van der Waals surface area contributed by atoms with Gasteiger partial charge in [0, 0.05) is 19.7 Å². The Kier molecular flexibility index (Phi) is 4.17.